The van der Waals surface area contributed by atoms with Crippen LogP contribution in [0, 0.1) is 0 Å². The van der Waals surface area contributed by atoms with Crippen molar-refractivity contribution in [2.75, 3.05) is 13.7 Å². The van der Waals surface area contributed by atoms with Gasteiger partial charge in [-0.05, 0) is 44.9 Å². The molecule has 0 spiro atoms. The van der Waals surface area contributed by atoms with E-state index in [9.17, 15) is 9.59 Å². The van der Waals surface area contributed by atoms with E-state index < -0.39 is 0 Å². The van der Waals surface area contributed by atoms with E-state index in [2.05, 4.69) is 0 Å². The number of nitrogens with zero attached hydrogens (tertiary/aromatic N) is 1. The average Bonchev–Trinajstić information content (AvgIpc) is 3.02. The number of ketones is 1. The Morgan fingerprint density at radius 2 is 1.95 bits per heavy atom. The quantitative estimate of drug-likeness (QED) is 0.758. The first-order chi connectivity index (χ1) is 10.6. The summed E-state index contributed by atoms with van der Waals surface area (Å²) in [6.45, 7) is 4.29. The molecule has 0 aromatic heterocycles. The lowest BCUT2D eigenvalue weighted by atomic mass is 10.0. The zero-order valence-electron chi connectivity index (χ0n) is 13.7. The van der Waals surface area contributed by atoms with Crippen LogP contribution in [0.1, 0.15) is 55.5 Å². The maximum atomic E-state index is 12.7. The van der Waals surface area contributed by atoms with Gasteiger partial charge in [0.15, 0.2) is 5.78 Å². The Morgan fingerprint density at radius 3 is 2.50 bits per heavy atom. The molecule has 0 heterocycles. The van der Waals surface area contributed by atoms with E-state index in [1.165, 1.54) is 19.8 Å². The summed E-state index contributed by atoms with van der Waals surface area (Å²) >= 11 is 0. The minimum Gasteiger partial charge on any atom is -0.496 e. The van der Waals surface area contributed by atoms with Crippen LogP contribution in [0.5, 0.6) is 5.75 Å². The van der Waals surface area contributed by atoms with Gasteiger partial charge in [-0.15, -0.1) is 0 Å². The molecule has 120 valence electrons. The molecule has 1 aliphatic rings. The van der Waals surface area contributed by atoms with Crippen LogP contribution in [0.3, 0.4) is 0 Å². The number of likely N-dealkylation sites (N-methyl/N-ethyl adjacent to an activating group) is 1. The number of ether oxygens (including phenoxy) is 1. The third kappa shape index (κ3) is 3.67. The van der Waals surface area contributed by atoms with Crippen LogP contribution in [0.15, 0.2) is 18.2 Å². The summed E-state index contributed by atoms with van der Waals surface area (Å²) in [5.41, 5.74) is 1.41. The van der Waals surface area contributed by atoms with E-state index in [0.717, 1.165) is 24.9 Å². The third-order valence-corrected chi connectivity index (χ3v) is 4.46. The molecule has 0 saturated heterocycles. The number of hydrogen-bond donors (Lipinski definition) is 0. The normalized spacial score (nSPS) is 14.9. The van der Waals surface area contributed by atoms with Gasteiger partial charge in [0.05, 0.1) is 13.5 Å². The van der Waals surface area contributed by atoms with Gasteiger partial charge in [0.1, 0.15) is 5.75 Å². The van der Waals surface area contributed by atoms with Gasteiger partial charge in [0, 0.05) is 23.7 Å². The minimum absolute atomic E-state index is 0.000470. The van der Waals surface area contributed by atoms with Crippen molar-refractivity contribution in [1.29, 1.82) is 0 Å². The van der Waals surface area contributed by atoms with Crippen LogP contribution in [-0.2, 0) is 11.2 Å². The van der Waals surface area contributed by atoms with Crippen molar-refractivity contribution in [1.82, 2.24) is 4.90 Å². The van der Waals surface area contributed by atoms with Gasteiger partial charge in [0.25, 0.3) is 0 Å². The lowest BCUT2D eigenvalue weighted by Crippen LogP contribution is -2.39. The second-order valence-electron chi connectivity index (χ2n) is 5.88. The first-order valence-corrected chi connectivity index (χ1v) is 8.04. The first-order valence-electron chi connectivity index (χ1n) is 8.04. The Morgan fingerprint density at radius 1 is 1.27 bits per heavy atom. The number of amides is 1. The van der Waals surface area contributed by atoms with E-state index in [1.54, 1.807) is 25.3 Å². The van der Waals surface area contributed by atoms with Gasteiger partial charge >= 0.3 is 0 Å². The topological polar surface area (TPSA) is 46.6 Å². The predicted octanol–water partition coefficient (Wildman–Crippen LogP) is 3.23. The molecule has 1 aliphatic carbocycles. The highest BCUT2D eigenvalue weighted by atomic mass is 16.5. The van der Waals surface area contributed by atoms with E-state index >= 15 is 0 Å². The molecular weight excluding hydrogens is 278 g/mol. The van der Waals surface area contributed by atoms with Gasteiger partial charge in [-0.1, -0.05) is 12.8 Å². The Kier molecular flexibility index (Phi) is 5.58. The fraction of sp³-hybridized carbons (Fsp3) is 0.556. The molecule has 22 heavy (non-hydrogen) atoms. The molecule has 0 atom stereocenters. The Labute approximate surface area is 132 Å². The SMILES string of the molecule is CCN(C(=O)Cc1cc(C(C)=O)ccc1OC)C1CCCC1. The Hall–Kier alpha value is -1.84. The molecule has 1 aromatic rings. The number of hydrogen-bond acceptors (Lipinski definition) is 3. The van der Waals surface area contributed by atoms with E-state index in [1.807, 2.05) is 11.8 Å². The van der Waals surface area contributed by atoms with Gasteiger partial charge in [-0.25, -0.2) is 0 Å². The van der Waals surface area contributed by atoms with Crippen molar-refractivity contribution < 1.29 is 14.3 Å². The smallest absolute Gasteiger partial charge is 0.227 e. The zero-order valence-corrected chi connectivity index (χ0v) is 13.7. The zero-order chi connectivity index (χ0) is 16.1. The number of carbonyl (C=O) groups excluding carboxylic acids is 2. The van der Waals surface area contributed by atoms with E-state index in [4.69, 9.17) is 4.74 Å². The number of Topliss-reactive ketones (excluding diaryl/α,β-unsaturated/α-hetero) is 1. The fourth-order valence-corrected chi connectivity index (χ4v) is 3.25. The van der Waals surface area contributed by atoms with Crippen LogP contribution in [-0.4, -0.2) is 36.3 Å². The number of rotatable bonds is 6. The predicted molar refractivity (Wildman–Crippen MR) is 86.3 cm³/mol. The lowest BCUT2D eigenvalue weighted by molar-refractivity contribution is -0.132. The van der Waals surface area contributed by atoms with Crippen LogP contribution in [0.2, 0.25) is 0 Å². The van der Waals surface area contributed by atoms with Gasteiger partial charge in [-0.2, -0.15) is 0 Å². The molecule has 1 fully saturated rings. The molecule has 0 unspecified atom stereocenters. The largest absolute Gasteiger partial charge is 0.496 e. The van der Waals surface area contributed by atoms with Crippen LogP contribution >= 0.6 is 0 Å². The number of carbonyl (C=O) groups is 2. The highest BCUT2D eigenvalue weighted by Crippen LogP contribution is 2.26. The summed E-state index contributed by atoms with van der Waals surface area (Å²) < 4.78 is 5.34. The highest BCUT2D eigenvalue weighted by Gasteiger charge is 2.26. The van der Waals surface area contributed by atoms with Gasteiger partial charge < -0.3 is 9.64 Å². The Balaban J connectivity index is 2.18. The molecule has 1 amide bonds. The summed E-state index contributed by atoms with van der Waals surface area (Å²) in [5, 5.41) is 0. The van der Waals surface area contributed by atoms with E-state index in [0.29, 0.717) is 17.4 Å². The van der Waals surface area contributed by atoms with Gasteiger partial charge in [0.2, 0.25) is 5.91 Å². The molecule has 4 nitrogen and oxygen atoms in total. The van der Waals surface area contributed by atoms with Crippen molar-refractivity contribution >= 4 is 11.7 Å². The average molecular weight is 303 g/mol. The summed E-state index contributed by atoms with van der Waals surface area (Å²) in [6.07, 6.45) is 4.90. The van der Waals surface area contributed by atoms with Crippen molar-refractivity contribution in [2.24, 2.45) is 0 Å². The maximum absolute atomic E-state index is 12.7. The molecule has 0 N–H and O–H groups in total. The van der Waals surface area contributed by atoms with E-state index in [-0.39, 0.29) is 18.1 Å². The molecule has 1 aromatic carbocycles. The van der Waals surface area contributed by atoms with Crippen molar-refractivity contribution in [2.45, 2.75) is 52.0 Å². The number of benzene rings is 1. The van der Waals surface area contributed by atoms with Crippen molar-refractivity contribution in [3.8, 4) is 5.75 Å². The third-order valence-electron chi connectivity index (χ3n) is 4.46. The van der Waals surface area contributed by atoms with Crippen molar-refractivity contribution in [3.63, 3.8) is 0 Å². The summed E-state index contributed by atoms with van der Waals surface area (Å²) in [4.78, 5) is 26.2. The summed E-state index contributed by atoms with van der Waals surface area (Å²) in [5.74, 6) is 0.786. The molecular formula is C18H25NO3. The first kappa shape index (κ1) is 16.5. The fourth-order valence-electron chi connectivity index (χ4n) is 3.25. The highest BCUT2D eigenvalue weighted by molar-refractivity contribution is 5.94. The minimum atomic E-state index is -0.000470. The number of methoxy groups -OCH3 is 1. The second kappa shape index (κ2) is 7.43. The summed E-state index contributed by atoms with van der Waals surface area (Å²) in [6, 6.07) is 5.66. The van der Waals surface area contributed by atoms with Crippen LogP contribution in [0.25, 0.3) is 0 Å². The van der Waals surface area contributed by atoms with Crippen LogP contribution in [0.4, 0.5) is 0 Å². The van der Waals surface area contributed by atoms with Crippen molar-refractivity contribution in [3.05, 3.63) is 29.3 Å². The standard InChI is InChI=1S/C18H25NO3/c1-4-19(16-7-5-6-8-16)18(21)12-15-11-14(13(2)20)9-10-17(15)22-3/h9-11,16H,4-8,12H2,1-3H3. The molecule has 2 rings (SSSR count). The maximum Gasteiger partial charge on any atom is 0.227 e. The lowest BCUT2D eigenvalue weighted by Gasteiger charge is -2.28. The monoisotopic (exact) mass is 303 g/mol. The second-order valence-corrected chi connectivity index (χ2v) is 5.88. The molecule has 0 radical (unpaired) electrons. The Bertz CT molecular complexity index is 547. The van der Waals surface area contributed by atoms with Crippen LogP contribution < -0.4 is 4.74 Å². The molecule has 0 aliphatic heterocycles. The summed E-state index contributed by atoms with van der Waals surface area (Å²) in [7, 11) is 1.59. The molecule has 4 heteroatoms. The van der Waals surface area contributed by atoms with Gasteiger partial charge in [-0.3, -0.25) is 9.59 Å². The molecule has 0 bridgehead atoms. The molecule has 1 saturated carbocycles.